The molecule has 0 spiro atoms. The molecule has 1 saturated heterocycles. The van der Waals surface area contributed by atoms with Crippen molar-refractivity contribution in [3.63, 3.8) is 0 Å². The van der Waals surface area contributed by atoms with E-state index < -0.39 is 27.3 Å². The maximum absolute atomic E-state index is 11.8. The Balaban J connectivity index is 2.57. The SMILES string of the molecule is CCC(CC)(CNC(=O)CN1CCCS1(=O)=O)C(=O)O. The lowest BCUT2D eigenvalue weighted by molar-refractivity contribution is -0.149. The zero-order valence-corrected chi connectivity index (χ0v) is 12.7. The van der Waals surface area contributed by atoms with Crippen LogP contribution >= 0.6 is 0 Å². The summed E-state index contributed by atoms with van der Waals surface area (Å²) in [6.45, 7) is 3.65. The second kappa shape index (κ2) is 6.53. The number of aliphatic carboxylic acids is 1. The Morgan fingerprint density at radius 2 is 1.90 bits per heavy atom. The Kier molecular flexibility index (Phi) is 5.52. The summed E-state index contributed by atoms with van der Waals surface area (Å²) in [6, 6.07) is 0. The van der Waals surface area contributed by atoms with Gasteiger partial charge < -0.3 is 10.4 Å². The van der Waals surface area contributed by atoms with Gasteiger partial charge in [0.25, 0.3) is 0 Å². The lowest BCUT2D eigenvalue weighted by Crippen LogP contribution is -2.45. The van der Waals surface area contributed by atoms with Crippen LogP contribution in [0.4, 0.5) is 0 Å². The van der Waals surface area contributed by atoms with Crippen molar-refractivity contribution in [1.82, 2.24) is 9.62 Å². The average molecular weight is 306 g/mol. The quantitative estimate of drug-likeness (QED) is 0.690. The molecule has 1 rings (SSSR count). The van der Waals surface area contributed by atoms with E-state index in [1.54, 1.807) is 13.8 Å². The summed E-state index contributed by atoms with van der Waals surface area (Å²) in [5.74, 6) is -1.33. The first-order chi connectivity index (χ1) is 9.27. The number of hydrogen-bond acceptors (Lipinski definition) is 4. The van der Waals surface area contributed by atoms with Gasteiger partial charge in [0.05, 0.1) is 17.7 Å². The van der Waals surface area contributed by atoms with E-state index in [9.17, 15) is 23.1 Å². The number of carboxylic acid groups (broad SMARTS) is 1. The molecule has 0 atom stereocenters. The molecule has 0 radical (unpaired) electrons. The van der Waals surface area contributed by atoms with Gasteiger partial charge >= 0.3 is 5.97 Å². The van der Waals surface area contributed by atoms with Crippen molar-refractivity contribution < 1.29 is 23.1 Å². The van der Waals surface area contributed by atoms with E-state index in [0.29, 0.717) is 25.8 Å². The Morgan fingerprint density at radius 1 is 1.30 bits per heavy atom. The fourth-order valence-electron chi connectivity index (χ4n) is 2.23. The van der Waals surface area contributed by atoms with Gasteiger partial charge in [-0.3, -0.25) is 9.59 Å². The highest BCUT2D eigenvalue weighted by Crippen LogP contribution is 2.25. The number of hydrogen-bond donors (Lipinski definition) is 2. The van der Waals surface area contributed by atoms with Crippen LogP contribution in [0.15, 0.2) is 0 Å². The molecule has 20 heavy (non-hydrogen) atoms. The van der Waals surface area contributed by atoms with E-state index in [2.05, 4.69) is 5.32 Å². The number of sulfonamides is 1. The zero-order valence-electron chi connectivity index (χ0n) is 11.9. The van der Waals surface area contributed by atoms with Crippen LogP contribution in [0.2, 0.25) is 0 Å². The number of carboxylic acids is 1. The van der Waals surface area contributed by atoms with E-state index in [-0.39, 0.29) is 18.8 Å². The second-order valence-corrected chi connectivity index (χ2v) is 7.16. The molecule has 116 valence electrons. The molecule has 0 bridgehead atoms. The van der Waals surface area contributed by atoms with Gasteiger partial charge in [0, 0.05) is 13.1 Å². The van der Waals surface area contributed by atoms with Crippen molar-refractivity contribution in [2.24, 2.45) is 5.41 Å². The summed E-state index contributed by atoms with van der Waals surface area (Å²) < 4.78 is 24.3. The van der Waals surface area contributed by atoms with E-state index in [1.807, 2.05) is 0 Å². The van der Waals surface area contributed by atoms with Crippen molar-refractivity contribution in [3.05, 3.63) is 0 Å². The molecule has 1 heterocycles. The monoisotopic (exact) mass is 306 g/mol. The standard InChI is InChI=1S/C12H22N2O5S/c1-3-12(4-2,11(16)17)9-13-10(15)8-14-6-5-7-20(14,18)19/h3-9H2,1-2H3,(H,13,15)(H,16,17). The van der Waals surface area contributed by atoms with Crippen molar-refractivity contribution in [3.8, 4) is 0 Å². The van der Waals surface area contributed by atoms with Gasteiger partial charge in [0.1, 0.15) is 0 Å². The molecular weight excluding hydrogens is 284 g/mol. The molecule has 0 aromatic heterocycles. The molecule has 0 aromatic carbocycles. The van der Waals surface area contributed by atoms with Crippen molar-refractivity contribution in [2.45, 2.75) is 33.1 Å². The second-order valence-electron chi connectivity index (χ2n) is 5.07. The van der Waals surface area contributed by atoms with Crippen LogP contribution in [0, 0.1) is 5.41 Å². The average Bonchev–Trinajstić information content (AvgIpc) is 2.70. The summed E-state index contributed by atoms with van der Waals surface area (Å²) in [5, 5.41) is 11.8. The number of carbonyl (C=O) groups is 2. The lowest BCUT2D eigenvalue weighted by Gasteiger charge is -2.27. The molecule has 0 unspecified atom stereocenters. The number of nitrogens with one attached hydrogen (secondary N) is 1. The normalized spacial score (nSPS) is 18.9. The number of nitrogens with zero attached hydrogens (tertiary/aromatic N) is 1. The summed E-state index contributed by atoms with van der Waals surface area (Å²) in [6.07, 6.45) is 1.33. The number of carbonyl (C=O) groups excluding carboxylic acids is 1. The molecule has 1 aliphatic heterocycles. The highest BCUT2D eigenvalue weighted by atomic mass is 32.2. The Morgan fingerprint density at radius 3 is 2.30 bits per heavy atom. The summed E-state index contributed by atoms with van der Waals surface area (Å²) in [7, 11) is -3.31. The van der Waals surface area contributed by atoms with Gasteiger partial charge in [0.15, 0.2) is 0 Å². The van der Waals surface area contributed by atoms with Crippen LogP contribution in [0.3, 0.4) is 0 Å². The Hall–Kier alpha value is -1.15. The van der Waals surface area contributed by atoms with Crippen molar-refractivity contribution >= 4 is 21.9 Å². The first-order valence-corrected chi connectivity index (χ1v) is 8.36. The maximum atomic E-state index is 11.8. The van der Waals surface area contributed by atoms with Gasteiger partial charge in [0.2, 0.25) is 15.9 Å². The maximum Gasteiger partial charge on any atom is 0.311 e. The van der Waals surface area contributed by atoms with Gasteiger partial charge in [-0.25, -0.2) is 8.42 Å². The van der Waals surface area contributed by atoms with Crippen LogP contribution < -0.4 is 5.32 Å². The van der Waals surface area contributed by atoms with Crippen LogP contribution in [0.5, 0.6) is 0 Å². The Labute approximate surface area is 119 Å². The highest BCUT2D eigenvalue weighted by Gasteiger charge is 2.36. The van der Waals surface area contributed by atoms with Gasteiger partial charge in [-0.1, -0.05) is 13.8 Å². The number of rotatable bonds is 7. The third-order valence-corrected chi connectivity index (χ3v) is 5.86. The molecular formula is C12H22N2O5S. The fourth-order valence-corrected chi connectivity index (χ4v) is 3.70. The van der Waals surface area contributed by atoms with Gasteiger partial charge in [-0.15, -0.1) is 0 Å². The minimum atomic E-state index is -3.31. The Bertz CT molecular complexity index is 470. The molecule has 1 fully saturated rings. The first-order valence-electron chi connectivity index (χ1n) is 6.75. The predicted molar refractivity (Wildman–Crippen MR) is 73.6 cm³/mol. The molecule has 2 N–H and O–H groups in total. The molecule has 7 nitrogen and oxygen atoms in total. The van der Waals surface area contributed by atoms with Crippen LogP contribution in [0.1, 0.15) is 33.1 Å². The molecule has 0 aromatic rings. The fraction of sp³-hybridized carbons (Fsp3) is 0.833. The van der Waals surface area contributed by atoms with E-state index in [1.165, 1.54) is 0 Å². The third kappa shape index (κ3) is 3.69. The molecule has 1 aliphatic rings. The molecule has 0 saturated carbocycles. The third-order valence-electron chi connectivity index (χ3n) is 3.95. The van der Waals surface area contributed by atoms with E-state index >= 15 is 0 Å². The summed E-state index contributed by atoms with van der Waals surface area (Å²) >= 11 is 0. The minimum absolute atomic E-state index is 0.0159. The highest BCUT2D eigenvalue weighted by molar-refractivity contribution is 7.89. The van der Waals surface area contributed by atoms with Crippen LogP contribution in [-0.4, -0.2) is 55.1 Å². The zero-order chi connectivity index (χ0) is 15.4. The van der Waals surface area contributed by atoms with Crippen LogP contribution in [0.25, 0.3) is 0 Å². The van der Waals surface area contributed by atoms with Gasteiger partial charge in [-0.2, -0.15) is 4.31 Å². The molecule has 0 aliphatic carbocycles. The molecule has 8 heteroatoms. The summed E-state index contributed by atoms with van der Waals surface area (Å²) in [5.41, 5.74) is -0.987. The van der Waals surface area contributed by atoms with E-state index in [4.69, 9.17) is 0 Å². The predicted octanol–water partition coefficient (Wildman–Crippen LogP) is 0.0291. The largest absolute Gasteiger partial charge is 0.481 e. The smallest absolute Gasteiger partial charge is 0.311 e. The lowest BCUT2D eigenvalue weighted by atomic mass is 9.82. The molecule has 1 amide bonds. The van der Waals surface area contributed by atoms with Crippen LogP contribution in [-0.2, 0) is 19.6 Å². The van der Waals surface area contributed by atoms with Crippen molar-refractivity contribution in [2.75, 3.05) is 25.4 Å². The van der Waals surface area contributed by atoms with E-state index in [0.717, 1.165) is 4.31 Å². The topological polar surface area (TPSA) is 104 Å². The van der Waals surface area contributed by atoms with Gasteiger partial charge in [-0.05, 0) is 19.3 Å². The minimum Gasteiger partial charge on any atom is -0.481 e. The first kappa shape index (κ1) is 16.9. The number of amides is 1. The summed E-state index contributed by atoms with van der Waals surface area (Å²) in [4.78, 5) is 23.1. The van der Waals surface area contributed by atoms with Crippen molar-refractivity contribution in [1.29, 1.82) is 0 Å².